The molecule has 3 rings (SSSR count). The molecule has 0 atom stereocenters. The van der Waals surface area contributed by atoms with Crippen LogP contribution < -0.4 is 11.1 Å². The van der Waals surface area contributed by atoms with Crippen LogP contribution in [0.2, 0.25) is 0 Å². The largest absolute Gasteiger partial charge is 0.383 e. The number of amides is 1. The molecule has 3 N–H and O–H groups in total. The molecule has 0 radical (unpaired) electrons. The van der Waals surface area contributed by atoms with E-state index >= 15 is 0 Å². The first kappa shape index (κ1) is 17.4. The second-order valence-corrected chi connectivity index (χ2v) is 6.74. The SMILES string of the molecule is CC(C)N1CCC(NC(=O)c2cnc(-c3ccccc3)nc2N)CC1. The second kappa shape index (κ2) is 7.61. The molecule has 1 aromatic heterocycles. The minimum atomic E-state index is -0.194. The summed E-state index contributed by atoms with van der Waals surface area (Å²) in [7, 11) is 0. The highest BCUT2D eigenvalue weighted by Crippen LogP contribution is 2.18. The zero-order valence-corrected chi connectivity index (χ0v) is 14.8. The maximum Gasteiger partial charge on any atom is 0.256 e. The Balaban J connectivity index is 1.65. The highest BCUT2D eigenvalue weighted by molar-refractivity contribution is 5.98. The number of benzene rings is 1. The van der Waals surface area contributed by atoms with Gasteiger partial charge in [-0.2, -0.15) is 0 Å². The monoisotopic (exact) mass is 339 g/mol. The Bertz CT molecular complexity index is 724. The van der Waals surface area contributed by atoms with Gasteiger partial charge in [0.25, 0.3) is 5.91 Å². The third kappa shape index (κ3) is 4.14. The number of nitrogens with one attached hydrogen (secondary N) is 1. The highest BCUT2D eigenvalue weighted by Gasteiger charge is 2.23. The Morgan fingerprint density at radius 3 is 2.52 bits per heavy atom. The lowest BCUT2D eigenvalue weighted by Gasteiger charge is -2.34. The van der Waals surface area contributed by atoms with Crippen LogP contribution in [0.25, 0.3) is 11.4 Å². The average molecular weight is 339 g/mol. The van der Waals surface area contributed by atoms with Crippen molar-refractivity contribution in [2.45, 2.75) is 38.8 Å². The minimum absolute atomic E-state index is 0.177. The third-order valence-corrected chi connectivity index (χ3v) is 4.69. The van der Waals surface area contributed by atoms with E-state index in [4.69, 9.17) is 5.73 Å². The number of nitrogens with two attached hydrogens (primary N) is 1. The summed E-state index contributed by atoms with van der Waals surface area (Å²) in [4.78, 5) is 23.5. The fourth-order valence-electron chi connectivity index (χ4n) is 3.12. The molecule has 1 fully saturated rings. The first-order valence-corrected chi connectivity index (χ1v) is 8.77. The van der Waals surface area contributed by atoms with Gasteiger partial charge >= 0.3 is 0 Å². The molecule has 2 heterocycles. The van der Waals surface area contributed by atoms with Crippen molar-refractivity contribution in [3.05, 3.63) is 42.1 Å². The van der Waals surface area contributed by atoms with Gasteiger partial charge in [-0.15, -0.1) is 0 Å². The standard InChI is InChI=1S/C19H25N5O/c1-13(2)24-10-8-15(9-11-24)22-19(25)16-12-21-18(23-17(16)20)14-6-4-3-5-7-14/h3-7,12-13,15H,8-11H2,1-2H3,(H,22,25)(H2,20,21,23). The number of aromatic nitrogens is 2. The van der Waals surface area contributed by atoms with Crippen LogP contribution in [0.3, 0.4) is 0 Å². The van der Waals surface area contributed by atoms with Crippen LogP contribution in [0.1, 0.15) is 37.0 Å². The van der Waals surface area contributed by atoms with Crippen LogP contribution in [0.4, 0.5) is 5.82 Å². The van der Waals surface area contributed by atoms with Crippen LogP contribution in [0.15, 0.2) is 36.5 Å². The van der Waals surface area contributed by atoms with E-state index in [0.29, 0.717) is 17.4 Å². The molecule has 0 bridgehead atoms. The number of rotatable bonds is 4. The summed E-state index contributed by atoms with van der Waals surface area (Å²) in [5.41, 5.74) is 7.22. The van der Waals surface area contributed by atoms with E-state index in [2.05, 4.69) is 34.0 Å². The Labute approximate surface area is 148 Å². The summed E-state index contributed by atoms with van der Waals surface area (Å²) in [6.45, 7) is 6.40. The summed E-state index contributed by atoms with van der Waals surface area (Å²) >= 11 is 0. The van der Waals surface area contributed by atoms with Gasteiger partial charge in [0.1, 0.15) is 5.82 Å². The molecular formula is C19H25N5O. The maximum absolute atomic E-state index is 12.5. The molecule has 1 amide bonds. The van der Waals surface area contributed by atoms with Crippen LogP contribution in [-0.4, -0.2) is 45.9 Å². The number of carbonyl (C=O) groups is 1. The first-order chi connectivity index (χ1) is 12.0. The van der Waals surface area contributed by atoms with Gasteiger partial charge in [-0.25, -0.2) is 9.97 Å². The molecule has 0 unspecified atom stereocenters. The molecule has 132 valence electrons. The summed E-state index contributed by atoms with van der Waals surface area (Å²) in [5.74, 6) is 0.547. The van der Waals surface area contributed by atoms with Crippen molar-refractivity contribution < 1.29 is 4.79 Å². The molecule has 2 aromatic rings. The fraction of sp³-hybridized carbons (Fsp3) is 0.421. The number of piperidine rings is 1. The van der Waals surface area contributed by atoms with Gasteiger partial charge in [0, 0.05) is 36.9 Å². The quantitative estimate of drug-likeness (QED) is 0.893. The number of hydrogen-bond acceptors (Lipinski definition) is 5. The van der Waals surface area contributed by atoms with Crippen molar-refractivity contribution in [1.82, 2.24) is 20.2 Å². The third-order valence-electron chi connectivity index (χ3n) is 4.69. The van der Waals surface area contributed by atoms with Crippen molar-refractivity contribution in [1.29, 1.82) is 0 Å². The smallest absolute Gasteiger partial charge is 0.256 e. The number of carbonyl (C=O) groups excluding carboxylic acids is 1. The molecule has 25 heavy (non-hydrogen) atoms. The molecule has 1 saturated heterocycles. The van der Waals surface area contributed by atoms with Gasteiger partial charge < -0.3 is 16.0 Å². The van der Waals surface area contributed by atoms with E-state index in [-0.39, 0.29) is 17.8 Å². The van der Waals surface area contributed by atoms with E-state index in [1.165, 1.54) is 6.20 Å². The molecule has 1 aliphatic rings. The lowest BCUT2D eigenvalue weighted by Crippen LogP contribution is -2.46. The molecule has 6 nitrogen and oxygen atoms in total. The topological polar surface area (TPSA) is 84.1 Å². The van der Waals surface area contributed by atoms with Crippen LogP contribution in [0, 0.1) is 0 Å². The van der Waals surface area contributed by atoms with Gasteiger partial charge in [0.05, 0.1) is 5.56 Å². The van der Waals surface area contributed by atoms with Crippen molar-refractivity contribution in [2.24, 2.45) is 0 Å². The minimum Gasteiger partial charge on any atom is -0.383 e. The molecular weight excluding hydrogens is 314 g/mol. The lowest BCUT2D eigenvalue weighted by molar-refractivity contribution is 0.0901. The van der Waals surface area contributed by atoms with Crippen LogP contribution in [-0.2, 0) is 0 Å². The Hall–Kier alpha value is -2.47. The number of likely N-dealkylation sites (tertiary alicyclic amines) is 1. The highest BCUT2D eigenvalue weighted by atomic mass is 16.1. The summed E-state index contributed by atoms with van der Waals surface area (Å²) in [5, 5.41) is 3.07. The van der Waals surface area contributed by atoms with Crippen LogP contribution >= 0.6 is 0 Å². The Kier molecular flexibility index (Phi) is 5.28. The van der Waals surface area contributed by atoms with E-state index in [1.54, 1.807) is 0 Å². The predicted octanol–water partition coefficient (Wildman–Crippen LogP) is 2.33. The molecule has 0 spiro atoms. The summed E-state index contributed by atoms with van der Waals surface area (Å²) in [6.07, 6.45) is 3.42. The Morgan fingerprint density at radius 2 is 1.92 bits per heavy atom. The number of hydrogen-bond donors (Lipinski definition) is 2. The van der Waals surface area contributed by atoms with Crippen molar-refractivity contribution in [3.63, 3.8) is 0 Å². The van der Waals surface area contributed by atoms with Gasteiger partial charge in [-0.3, -0.25) is 4.79 Å². The number of nitrogens with zero attached hydrogens (tertiary/aromatic N) is 3. The van der Waals surface area contributed by atoms with E-state index in [9.17, 15) is 4.79 Å². The van der Waals surface area contributed by atoms with E-state index < -0.39 is 0 Å². The maximum atomic E-state index is 12.5. The zero-order chi connectivity index (χ0) is 17.8. The van der Waals surface area contributed by atoms with E-state index in [1.807, 2.05) is 30.3 Å². The normalized spacial score (nSPS) is 16.1. The van der Waals surface area contributed by atoms with Gasteiger partial charge in [-0.1, -0.05) is 30.3 Å². The first-order valence-electron chi connectivity index (χ1n) is 8.77. The lowest BCUT2D eigenvalue weighted by atomic mass is 10.0. The van der Waals surface area contributed by atoms with Gasteiger partial charge in [-0.05, 0) is 26.7 Å². The van der Waals surface area contributed by atoms with Crippen molar-refractivity contribution in [3.8, 4) is 11.4 Å². The Morgan fingerprint density at radius 1 is 1.24 bits per heavy atom. The van der Waals surface area contributed by atoms with E-state index in [0.717, 1.165) is 31.5 Å². The average Bonchev–Trinajstić information content (AvgIpc) is 2.62. The molecule has 1 aromatic carbocycles. The number of nitrogen functional groups attached to an aromatic ring is 1. The van der Waals surface area contributed by atoms with Gasteiger partial charge in [0.2, 0.25) is 0 Å². The van der Waals surface area contributed by atoms with Gasteiger partial charge in [0.15, 0.2) is 5.82 Å². The molecule has 1 aliphatic heterocycles. The molecule has 6 heteroatoms. The number of anilines is 1. The van der Waals surface area contributed by atoms with Crippen molar-refractivity contribution in [2.75, 3.05) is 18.8 Å². The summed E-state index contributed by atoms with van der Waals surface area (Å²) < 4.78 is 0. The zero-order valence-electron chi connectivity index (χ0n) is 14.8. The second-order valence-electron chi connectivity index (χ2n) is 6.74. The van der Waals surface area contributed by atoms with Crippen LogP contribution in [0.5, 0.6) is 0 Å². The summed E-state index contributed by atoms with van der Waals surface area (Å²) in [6, 6.07) is 10.3. The molecule has 0 saturated carbocycles. The predicted molar refractivity (Wildman–Crippen MR) is 99.1 cm³/mol. The van der Waals surface area contributed by atoms with Crippen molar-refractivity contribution >= 4 is 11.7 Å². The fourth-order valence-corrected chi connectivity index (χ4v) is 3.12. The molecule has 0 aliphatic carbocycles.